The number of pyridine rings is 4. The first-order chi connectivity index (χ1) is 49.6. The van der Waals surface area contributed by atoms with Crippen LogP contribution in [0.4, 0.5) is 0 Å². The van der Waals surface area contributed by atoms with E-state index in [1.165, 1.54) is 31.4 Å². The first-order valence-corrected chi connectivity index (χ1v) is 34.4. The van der Waals surface area contributed by atoms with Crippen LogP contribution in [0.5, 0.6) is 11.5 Å². The summed E-state index contributed by atoms with van der Waals surface area (Å²) >= 11 is 2.34. The van der Waals surface area contributed by atoms with Crippen molar-refractivity contribution < 1.29 is 67.1 Å². The Hall–Kier alpha value is -11.6. The molecule has 0 aliphatic carbocycles. The van der Waals surface area contributed by atoms with Gasteiger partial charge < -0.3 is 10.2 Å². The van der Waals surface area contributed by atoms with Crippen molar-refractivity contribution in [3.05, 3.63) is 199 Å². The van der Waals surface area contributed by atoms with Crippen LogP contribution < -0.4 is 22.2 Å². The van der Waals surface area contributed by atoms with Crippen LogP contribution in [0.2, 0.25) is 0 Å². The van der Waals surface area contributed by atoms with Crippen molar-refractivity contribution in [3.63, 3.8) is 0 Å². The summed E-state index contributed by atoms with van der Waals surface area (Å²) in [5.74, 6) is -0.0273. The number of phenolic OH excluding ortho intramolecular Hbond substituents is 2. The number of fused-ring (bicyclic) bond motifs is 20. The van der Waals surface area contributed by atoms with Gasteiger partial charge in [-0.15, -0.1) is 13.0 Å². The number of imidazole rings is 4. The Morgan fingerprint density at radius 1 is 0.304 bits per heavy atom. The van der Waals surface area contributed by atoms with Crippen LogP contribution in [0, 0.1) is 0 Å². The highest BCUT2D eigenvalue weighted by molar-refractivity contribution is 7.95. The Morgan fingerprint density at radius 2 is 0.578 bits per heavy atom. The van der Waals surface area contributed by atoms with Gasteiger partial charge in [-0.3, -0.25) is 41.3 Å². The lowest BCUT2D eigenvalue weighted by Crippen LogP contribution is -2.14. The van der Waals surface area contributed by atoms with Gasteiger partial charge in [0.25, 0.3) is 32.4 Å². The number of rotatable bonds is 10. The van der Waals surface area contributed by atoms with Crippen molar-refractivity contribution in [1.82, 2.24) is 37.5 Å². The molecule has 0 saturated heterocycles. The Kier molecular flexibility index (Phi) is 12.1. The van der Waals surface area contributed by atoms with E-state index >= 15 is 0 Å². The minimum absolute atomic E-state index is 0.00780. The van der Waals surface area contributed by atoms with E-state index in [4.69, 9.17) is 35.7 Å². The molecular weight excluding hydrogens is 1390 g/mol. The third-order valence-corrected chi connectivity index (χ3v) is 22.5. The predicted octanol–water partition coefficient (Wildman–Crippen LogP) is 14.4. The first kappa shape index (κ1) is 59.3. The molecule has 492 valence electrons. The highest BCUT2D eigenvalue weighted by Crippen LogP contribution is 2.52. The summed E-state index contributed by atoms with van der Waals surface area (Å²) in [5.41, 5.74) is 4.23. The van der Waals surface area contributed by atoms with Crippen molar-refractivity contribution in [3.8, 4) is 11.5 Å². The lowest BCUT2D eigenvalue weighted by Gasteiger charge is -2.19. The smallest absolute Gasteiger partial charge is 0.294 e. The van der Waals surface area contributed by atoms with E-state index in [2.05, 4.69) is 28.1 Å². The number of aromatic nitrogens is 8. The molecule has 102 heavy (non-hydrogen) atoms. The Morgan fingerprint density at radius 3 is 0.922 bits per heavy atom. The van der Waals surface area contributed by atoms with Gasteiger partial charge in [0, 0.05) is 101 Å². The summed E-state index contributed by atoms with van der Waals surface area (Å²) in [6.45, 7) is 0. The van der Waals surface area contributed by atoms with Crippen LogP contribution >= 0.6 is 36.1 Å². The van der Waals surface area contributed by atoms with Gasteiger partial charge in [0.2, 0.25) is 0 Å². The normalized spacial score (nSPS) is 13.0. The van der Waals surface area contributed by atoms with Gasteiger partial charge in [-0.25, -0.2) is 35.7 Å². The zero-order valence-corrected chi connectivity index (χ0v) is 54.1. The van der Waals surface area contributed by atoms with E-state index in [-0.39, 0.29) is 38.6 Å². The van der Waals surface area contributed by atoms with Crippen molar-refractivity contribution in [1.29, 1.82) is 0 Å². The second-order valence-electron chi connectivity index (χ2n) is 24.7. The SMILES string of the molecule is O=c1c2ccc3c4c(O)cc5c6c(ccc(c7ccc(c2c73)c2nc3ccc(S(=O)(=O)O)cc3n12)c46)c(=O)n1c2cc(SOOO)ccc2nc51.O=c1c2ccc3c4ccc5c(=O)n6c7cc(SOOO)ccc7nc6c6cc(O)c(c7ccc(c2c37)c2nc3ccc(SOOO)cc3n12)c4c56. The quantitative estimate of drug-likeness (QED) is 0.0185. The third-order valence-electron chi connectivity index (χ3n) is 19.9. The molecule has 0 saturated carbocycles. The van der Waals surface area contributed by atoms with E-state index in [0.717, 1.165) is 90.0 Å². The molecule has 0 amide bonds. The zero-order valence-electron chi connectivity index (χ0n) is 50.8. The van der Waals surface area contributed by atoms with Gasteiger partial charge in [0.1, 0.15) is 34.1 Å². The maximum absolute atomic E-state index is 14.3. The molecule has 0 fully saturated rings. The molecule has 30 heteroatoms. The number of aromatic hydroxyl groups is 2. The zero-order chi connectivity index (χ0) is 68.9. The van der Waals surface area contributed by atoms with Gasteiger partial charge in [-0.1, -0.05) is 51.5 Å². The van der Waals surface area contributed by atoms with Crippen LogP contribution in [0.3, 0.4) is 0 Å². The Balaban J connectivity index is 0.000000133. The van der Waals surface area contributed by atoms with Gasteiger partial charge in [0.15, 0.2) is 0 Å². The highest BCUT2D eigenvalue weighted by Gasteiger charge is 2.30. The molecule has 26 nitrogen and oxygen atoms in total. The number of hydrogen-bond acceptors (Lipinski definition) is 24. The van der Waals surface area contributed by atoms with Gasteiger partial charge in [-0.2, -0.15) is 8.42 Å². The summed E-state index contributed by atoms with van der Waals surface area (Å²) in [5, 5.41) is 76.4. The van der Waals surface area contributed by atoms with E-state index < -0.39 is 15.7 Å². The average Bonchev–Trinajstić information content (AvgIpc) is 1.04. The van der Waals surface area contributed by atoms with Crippen LogP contribution in [-0.2, 0) is 38.2 Å². The molecular formula is C72H32N8O18S4. The van der Waals surface area contributed by atoms with Gasteiger partial charge in [0.05, 0.1) is 85.2 Å². The van der Waals surface area contributed by atoms with Crippen molar-refractivity contribution in [2.45, 2.75) is 19.6 Å². The van der Waals surface area contributed by atoms with Crippen LogP contribution in [0.25, 0.3) is 196 Å². The number of nitrogens with zero attached hydrogens (tertiary/aromatic N) is 8. The first-order valence-electron chi connectivity index (χ1n) is 30.7. The third kappa shape index (κ3) is 7.69. The Labute approximate surface area is 573 Å². The highest BCUT2D eigenvalue weighted by atomic mass is 32.2. The molecule has 0 unspecified atom stereocenters. The number of benzene rings is 14. The molecule has 0 atom stereocenters. The molecule has 6 N–H and O–H groups in total. The summed E-state index contributed by atoms with van der Waals surface area (Å²) < 4.78 is 53.3. The number of hydrogen-bond donors (Lipinski definition) is 6. The van der Waals surface area contributed by atoms with Crippen LogP contribution in [0.15, 0.2) is 196 Å². The van der Waals surface area contributed by atoms with E-state index in [1.807, 2.05) is 48.5 Å². The summed E-state index contributed by atoms with van der Waals surface area (Å²) in [6, 6.07) is 44.9. The van der Waals surface area contributed by atoms with E-state index in [1.54, 1.807) is 95.4 Å². The Bertz CT molecular complexity index is 7980. The minimum atomic E-state index is -4.53. The maximum Gasteiger partial charge on any atom is 0.294 e. The molecule has 22 aromatic rings. The van der Waals surface area contributed by atoms with Gasteiger partial charge >= 0.3 is 0 Å². The lowest BCUT2D eigenvalue weighted by molar-refractivity contribution is -0.432. The molecule has 0 aliphatic heterocycles. The number of phenols is 2. The summed E-state index contributed by atoms with van der Waals surface area (Å²) in [7, 11) is -4.53. The fraction of sp³-hybridized carbons (Fsp3) is 0. The molecule has 0 spiro atoms. The molecule has 0 bridgehead atoms. The molecule has 14 aromatic carbocycles. The monoisotopic (exact) mass is 1420 g/mol. The molecule has 0 aliphatic rings. The fourth-order valence-corrected chi connectivity index (χ4v) is 17.8. The second-order valence-corrected chi connectivity index (χ2v) is 28.4. The van der Waals surface area contributed by atoms with Crippen LogP contribution in [-0.4, -0.2) is 76.5 Å². The second kappa shape index (κ2) is 20.8. The summed E-state index contributed by atoms with van der Waals surface area (Å²) in [4.78, 5) is 77.5. The predicted molar refractivity (Wildman–Crippen MR) is 385 cm³/mol. The molecule has 8 aromatic heterocycles. The van der Waals surface area contributed by atoms with Crippen molar-refractivity contribution in [2.24, 2.45) is 0 Å². The largest absolute Gasteiger partial charge is 0.507 e. The van der Waals surface area contributed by atoms with Crippen LogP contribution in [0.1, 0.15) is 0 Å². The lowest BCUT2D eigenvalue weighted by atomic mass is 9.85. The molecule has 8 heterocycles. The van der Waals surface area contributed by atoms with Gasteiger partial charge in [-0.05, 0) is 164 Å². The minimum Gasteiger partial charge on any atom is -0.507 e. The van der Waals surface area contributed by atoms with E-state index in [9.17, 15) is 42.4 Å². The van der Waals surface area contributed by atoms with E-state index in [0.29, 0.717) is 151 Å². The maximum atomic E-state index is 14.3. The van der Waals surface area contributed by atoms with Crippen molar-refractivity contribution in [2.75, 3.05) is 0 Å². The molecule has 22 rings (SSSR count). The van der Waals surface area contributed by atoms with Crippen molar-refractivity contribution >= 4 is 242 Å². The average molecular weight is 1430 g/mol. The fourth-order valence-electron chi connectivity index (χ4n) is 16.1. The standard InChI is InChI=1S/2C36H16N4O9S2/c41-27-13-22-30-21(36(43)40-26-12-15(51-49-47-45)2-10-24(26)38-34(22)40)8-4-17-16-3-7-20-29-19(6-5-18(28(16)29)31(27)32(17)30)33-37-23-9-1-14(50-48-46-44)11-25(23)39(33)35(20)42;41-27-13-22-30-21(36(43)39-25-11-14(50-49-48-44)1-9-23(25)38-34(22)39)7-4-17-16-3-6-19-29-20(8-5-18(28(16)29)31(27)32(17)30)35(42)40-26-12-15(51(45,46)47)2-10-24(26)37-33(19)40/h1-13,41,44-45H;1-13,41,44H,(H,45,46,47). The topological polar surface area (TPSA) is 348 Å². The molecule has 0 radical (unpaired) electrons. The summed E-state index contributed by atoms with van der Waals surface area (Å²) in [6.07, 6.45) is 0.